The molecule has 2 aliphatic heterocycles. The molecule has 2 heterocycles. The third-order valence-electron chi connectivity index (χ3n) is 5.34. The van der Waals surface area contributed by atoms with Gasteiger partial charge in [-0.05, 0) is 40.5 Å². The normalized spacial score (nSPS) is 31.3. The Hall–Kier alpha value is -1.33. The molecule has 0 radical (unpaired) electrons. The van der Waals surface area contributed by atoms with Crippen LogP contribution >= 0.6 is 0 Å². The van der Waals surface area contributed by atoms with Crippen molar-refractivity contribution in [1.29, 1.82) is 0 Å². The fraction of sp³-hybridized carbons (Fsp3) is 0.455. The standard InChI is InChI=1S/C22H30O5Si2/c1-21(2)15-17-23-28(25-21,19-11-7-5-8-12-19)27-29(20-13-9-6-10-14-20)24-18-16-22(3,4)26-29/h5-14H,15-18H2,1-4H3. The summed E-state index contributed by atoms with van der Waals surface area (Å²) in [6.45, 7) is 9.52. The molecular weight excluding hydrogens is 400 g/mol. The Bertz CT molecular complexity index is 760. The molecule has 2 atom stereocenters. The number of rotatable bonds is 4. The van der Waals surface area contributed by atoms with Gasteiger partial charge in [0.1, 0.15) is 0 Å². The van der Waals surface area contributed by atoms with Crippen LogP contribution in [0.2, 0.25) is 0 Å². The van der Waals surface area contributed by atoms with E-state index in [-0.39, 0.29) is 11.2 Å². The van der Waals surface area contributed by atoms with Gasteiger partial charge in [0, 0.05) is 23.6 Å². The minimum Gasteiger partial charge on any atom is -0.370 e. The van der Waals surface area contributed by atoms with Gasteiger partial charge in [0.05, 0.1) is 11.2 Å². The molecule has 2 aromatic carbocycles. The smallest absolute Gasteiger partial charge is 0.370 e. The first-order valence-corrected chi connectivity index (χ1v) is 13.7. The van der Waals surface area contributed by atoms with Gasteiger partial charge in [-0.3, -0.25) is 0 Å². The molecule has 0 saturated carbocycles. The summed E-state index contributed by atoms with van der Waals surface area (Å²) in [6.07, 6.45) is 1.62. The predicted octanol–water partition coefficient (Wildman–Crippen LogP) is 3.13. The van der Waals surface area contributed by atoms with E-state index < -0.39 is 17.6 Å². The van der Waals surface area contributed by atoms with Crippen LogP contribution in [0.1, 0.15) is 40.5 Å². The Morgan fingerprint density at radius 2 is 1.03 bits per heavy atom. The fourth-order valence-electron chi connectivity index (χ4n) is 3.72. The van der Waals surface area contributed by atoms with Gasteiger partial charge in [-0.25, -0.2) is 0 Å². The maximum Gasteiger partial charge on any atom is 0.530 e. The average molecular weight is 431 g/mol. The fourth-order valence-corrected chi connectivity index (χ4v) is 11.2. The quantitative estimate of drug-likeness (QED) is 0.698. The van der Waals surface area contributed by atoms with E-state index in [0.29, 0.717) is 13.2 Å². The summed E-state index contributed by atoms with van der Waals surface area (Å²) in [6, 6.07) is 20.0. The molecule has 0 aromatic heterocycles. The average Bonchev–Trinajstić information content (AvgIpc) is 2.68. The molecular formula is C22H30O5Si2. The van der Waals surface area contributed by atoms with Gasteiger partial charge in [-0.15, -0.1) is 0 Å². The van der Waals surface area contributed by atoms with Crippen molar-refractivity contribution < 1.29 is 21.8 Å². The van der Waals surface area contributed by atoms with Crippen LogP contribution in [0.4, 0.5) is 0 Å². The highest BCUT2D eigenvalue weighted by Gasteiger charge is 2.62. The largest absolute Gasteiger partial charge is 0.530 e. The number of hydrogen-bond acceptors (Lipinski definition) is 5. The second kappa shape index (κ2) is 7.74. The summed E-state index contributed by atoms with van der Waals surface area (Å²) in [5, 5.41) is 1.87. The molecule has 29 heavy (non-hydrogen) atoms. The first kappa shape index (κ1) is 20.9. The molecule has 156 valence electrons. The summed E-state index contributed by atoms with van der Waals surface area (Å²) >= 11 is 0. The van der Waals surface area contributed by atoms with E-state index in [0.717, 1.165) is 23.2 Å². The Balaban J connectivity index is 1.81. The van der Waals surface area contributed by atoms with E-state index in [1.165, 1.54) is 0 Å². The molecule has 2 fully saturated rings. The molecule has 0 amide bonds. The lowest BCUT2D eigenvalue weighted by Crippen LogP contribution is -2.74. The van der Waals surface area contributed by atoms with Crippen LogP contribution in [-0.4, -0.2) is 42.0 Å². The molecule has 0 N–H and O–H groups in total. The molecule has 2 aromatic rings. The van der Waals surface area contributed by atoms with Crippen LogP contribution in [0, 0.1) is 0 Å². The van der Waals surface area contributed by atoms with Gasteiger partial charge in [-0.1, -0.05) is 60.7 Å². The summed E-state index contributed by atoms with van der Waals surface area (Å²) in [5.74, 6) is 0. The van der Waals surface area contributed by atoms with Gasteiger partial charge < -0.3 is 21.8 Å². The van der Waals surface area contributed by atoms with Crippen molar-refractivity contribution in [2.75, 3.05) is 13.2 Å². The first-order chi connectivity index (χ1) is 13.7. The van der Waals surface area contributed by atoms with Crippen LogP contribution < -0.4 is 10.4 Å². The highest BCUT2D eigenvalue weighted by atomic mass is 28.5. The summed E-state index contributed by atoms with van der Waals surface area (Å²) < 4.78 is 33.0. The van der Waals surface area contributed by atoms with E-state index in [1.807, 2.05) is 60.7 Å². The highest BCUT2D eigenvalue weighted by Crippen LogP contribution is 2.35. The minimum absolute atomic E-state index is 0.350. The van der Waals surface area contributed by atoms with Crippen LogP contribution in [0.15, 0.2) is 60.7 Å². The lowest BCUT2D eigenvalue weighted by Gasteiger charge is -2.48. The third kappa shape index (κ3) is 4.41. The Morgan fingerprint density at radius 1 is 0.655 bits per heavy atom. The van der Waals surface area contributed by atoms with E-state index >= 15 is 0 Å². The van der Waals surface area contributed by atoms with Gasteiger partial charge in [-0.2, -0.15) is 0 Å². The summed E-state index contributed by atoms with van der Waals surface area (Å²) in [4.78, 5) is 0. The van der Waals surface area contributed by atoms with E-state index in [9.17, 15) is 0 Å². The Labute approximate surface area is 175 Å². The van der Waals surface area contributed by atoms with Crippen LogP contribution in [0.5, 0.6) is 0 Å². The van der Waals surface area contributed by atoms with Crippen molar-refractivity contribution in [3.63, 3.8) is 0 Å². The molecule has 2 saturated heterocycles. The molecule has 7 heteroatoms. The summed E-state index contributed by atoms with van der Waals surface area (Å²) in [7, 11) is -6.58. The van der Waals surface area contributed by atoms with Crippen molar-refractivity contribution in [3.8, 4) is 0 Å². The van der Waals surface area contributed by atoms with E-state index in [1.54, 1.807) is 0 Å². The van der Waals surface area contributed by atoms with Crippen LogP contribution in [-0.2, 0) is 21.8 Å². The van der Waals surface area contributed by atoms with E-state index in [4.69, 9.17) is 21.8 Å². The third-order valence-corrected chi connectivity index (χ3v) is 12.4. The first-order valence-electron chi connectivity index (χ1n) is 10.2. The number of benzene rings is 2. The molecule has 0 aliphatic carbocycles. The minimum atomic E-state index is -3.29. The second-order valence-electron chi connectivity index (χ2n) is 8.87. The summed E-state index contributed by atoms with van der Waals surface area (Å²) in [5.41, 5.74) is -0.701. The molecule has 2 unspecified atom stereocenters. The van der Waals surface area contributed by atoms with Crippen molar-refractivity contribution >= 4 is 28.0 Å². The number of hydrogen-bond donors (Lipinski definition) is 0. The molecule has 2 aliphatic rings. The van der Waals surface area contributed by atoms with E-state index in [2.05, 4.69) is 27.7 Å². The van der Waals surface area contributed by atoms with Gasteiger partial charge >= 0.3 is 17.6 Å². The topological polar surface area (TPSA) is 46.2 Å². The monoisotopic (exact) mass is 430 g/mol. The molecule has 0 bridgehead atoms. The lowest BCUT2D eigenvalue weighted by atomic mass is 10.1. The second-order valence-corrected chi connectivity index (χ2v) is 14.0. The van der Waals surface area contributed by atoms with Crippen LogP contribution in [0.25, 0.3) is 0 Å². The molecule has 5 nitrogen and oxygen atoms in total. The van der Waals surface area contributed by atoms with Gasteiger partial charge in [0.2, 0.25) is 0 Å². The SMILES string of the molecule is CC1(C)CCO[Si](O[Si]2(c3ccccc3)OCCC(C)(C)O2)(c2ccccc2)O1. The zero-order chi connectivity index (χ0) is 20.6. The Morgan fingerprint density at radius 3 is 1.38 bits per heavy atom. The highest BCUT2D eigenvalue weighted by molar-refractivity contribution is 6.88. The van der Waals surface area contributed by atoms with Gasteiger partial charge in [0.15, 0.2) is 0 Å². The van der Waals surface area contributed by atoms with Crippen molar-refractivity contribution in [2.24, 2.45) is 0 Å². The lowest BCUT2D eigenvalue weighted by molar-refractivity contribution is -0.0753. The zero-order valence-electron chi connectivity index (χ0n) is 17.6. The molecule has 4 rings (SSSR count). The van der Waals surface area contributed by atoms with Crippen LogP contribution in [0.3, 0.4) is 0 Å². The zero-order valence-corrected chi connectivity index (χ0v) is 19.6. The van der Waals surface area contributed by atoms with Gasteiger partial charge in [0.25, 0.3) is 0 Å². The maximum absolute atomic E-state index is 6.94. The maximum atomic E-state index is 6.94. The Kier molecular flexibility index (Phi) is 5.58. The molecule has 0 spiro atoms. The predicted molar refractivity (Wildman–Crippen MR) is 116 cm³/mol. The van der Waals surface area contributed by atoms with Crippen molar-refractivity contribution in [1.82, 2.24) is 0 Å². The van der Waals surface area contributed by atoms with Crippen molar-refractivity contribution in [2.45, 2.75) is 51.7 Å². The van der Waals surface area contributed by atoms with Crippen molar-refractivity contribution in [3.05, 3.63) is 60.7 Å².